The number of Topliss-reactive ketones (excluding diaryl/α,β-unsaturated/α-hetero) is 1. The van der Waals surface area contributed by atoms with Gasteiger partial charge in [-0.25, -0.2) is 4.79 Å². The Balaban J connectivity index is 1.42. The number of methoxy groups -OCH3 is 2. The van der Waals surface area contributed by atoms with Crippen LogP contribution >= 0.6 is 0 Å². The summed E-state index contributed by atoms with van der Waals surface area (Å²) in [5, 5.41) is 11.4. The summed E-state index contributed by atoms with van der Waals surface area (Å²) < 4.78 is 22.9. The summed E-state index contributed by atoms with van der Waals surface area (Å²) in [6, 6.07) is 21.5. The van der Waals surface area contributed by atoms with Gasteiger partial charge in [0.15, 0.2) is 5.78 Å². The van der Waals surface area contributed by atoms with Crippen molar-refractivity contribution in [2.75, 3.05) is 20.8 Å². The molecule has 3 aromatic carbocycles. The van der Waals surface area contributed by atoms with Crippen LogP contribution in [0.2, 0.25) is 0 Å². The predicted octanol–water partition coefficient (Wildman–Crippen LogP) is 5.58. The van der Waals surface area contributed by atoms with Crippen molar-refractivity contribution in [1.82, 2.24) is 4.57 Å². The molecule has 0 spiro atoms. The van der Waals surface area contributed by atoms with Gasteiger partial charge in [0.2, 0.25) is 0 Å². The molecule has 0 aliphatic heterocycles. The van der Waals surface area contributed by atoms with Gasteiger partial charge in [-0.3, -0.25) is 9.59 Å². The van der Waals surface area contributed by atoms with E-state index in [1.807, 2.05) is 30.3 Å². The van der Waals surface area contributed by atoms with Gasteiger partial charge < -0.3 is 28.6 Å². The number of hydrogen-bond acceptors (Lipinski definition) is 8. The summed E-state index contributed by atoms with van der Waals surface area (Å²) in [5.41, 5.74) is 1.45. The molecule has 4 rings (SSSR count). The smallest absolute Gasteiger partial charge is 0.337 e. The minimum Gasteiger partial charge on any atom is -0.491 e. The minimum atomic E-state index is -0.880. The molecule has 0 aliphatic carbocycles. The molecular weight excluding hydrogens is 526 g/mol. The monoisotopic (exact) mass is 559 g/mol. The van der Waals surface area contributed by atoms with Gasteiger partial charge >= 0.3 is 11.9 Å². The van der Waals surface area contributed by atoms with Crippen LogP contribution in [0.5, 0.6) is 17.2 Å². The number of rotatable bonds is 14. The van der Waals surface area contributed by atoms with E-state index in [0.29, 0.717) is 46.4 Å². The number of carbonyl (C=O) groups excluding carboxylic acids is 3. The SMILES string of the molecule is COC(=O)CCCCC(=O)c1cn(CC(O)COc2ccc(Oc3ccccc3)cc2)c2ccc(C(=O)OC)cc12. The molecule has 0 radical (unpaired) electrons. The van der Waals surface area contributed by atoms with Gasteiger partial charge in [0.05, 0.1) is 26.3 Å². The lowest BCUT2D eigenvalue weighted by Gasteiger charge is -2.14. The highest BCUT2D eigenvalue weighted by atomic mass is 16.5. The van der Waals surface area contributed by atoms with E-state index in [4.69, 9.17) is 14.2 Å². The second-order valence-electron chi connectivity index (χ2n) is 9.48. The second kappa shape index (κ2) is 14.1. The fourth-order valence-corrected chi connectivity index (χ4v) is 4.41. The predicted molar refractivity (Wildman–Crippen MR) is 153 cm³/mol. The molecular formula is C32H33NO8. The van der Waals surface area contributed by atoms with Crippen molar-refractivity contribution < 1.29 is 38.4 Å². The Bertz CT molecular complexity index is 1480. The summed E-state index contributed by atoms with van der Waals surface area (Å²) >= 11 is 0. The van der Waals surface area contributed by atoms with Gasteiger partial charge in [0.25, 0.3) is 0 Å². The third-order valence-electron chi connectivity index (χ3n) is 6.52. The number of aromatic nitrogens is 1. The van der Waals surface area contributed by atoms with E-state index in [9.17, 15) is 19.5 Å². The van der Waals surface area contributed by atoms with E-state index < -0.39 is 12.1 Å². The molecule has 0 bridgehead atoms. The molecule has 0 saturated carbocycles. The number of carbonyl (C=O) groups is 3. The first kappa shape index (κ1) is 29.4. The molecule has 0 amide bonds. The maximum Gasteiger partial charge on any atom is 0.337 e. The number of ketones is 1. The molecule has 9 nitrogen and oxygen atoms in total. The van der Waals surface area contributed by atoms with Gasteiger partial charge in [0.1, 0.15) is 30.0 Å². The Morgan fingerprint density at radius 1 is 0.829 bits per heavy atom. The topological polar surface area (TPSA) is 113 Å². The summed E-state index contributed by atoms with van der Waals surface area (Å²) in [5.74, 6) is 1.02. The molecule has 41 heavy (non-hydrogen) atoms. The van der Waals surface area contributed by atoms with Gasteiger partial charge in [-0.2, -0.15) is 0 Å². The first-order valence-corrected chi connectivity index (χ1v) is 13.3. The van der Waals surface area contributed by atoms with Crippen LogP contribution in [-0.4, -0.2) is 54.3 Å². The molecule has 214 valence electrons. The largest absolute Gasteiger partial charge is 0.491 e. The molecule has 9 heteroatoms. The van der Waals surface area contributed by atoms with Crippen LogP contribution in [0.1, 0.15) is 46.4 Å². The zero-order valence-corrected chi connectivity index (χ0v) is 23.1. The lowest BCUT2D eigenvalue weighted by molar-refractivity contribution is -0.140. The fourth-order valence-electron chi connectivity index (χ4n) is 4.41. The average Bonchev–Trinajstić information content (AvgIpc) is 3.36. The lowest BCUT2D eigenvalue weighted by atomic mass is 10.0. The number of nitrogens with zero attached hydrogens (tertiary/aromatic N) is 1. The van der Waals surface area contributed by atoms with Crippen molar-refractivity contribution >= 4 is 28.6 Å². The molecule has 1 heterocycles. The minimum absolute atomic E-state index is 0.0234. The van der Waals surface area contributed by atoms with E-state index in [-0.39, 0.29) is 37.7 Å². The molecule has 1 unspecified atom stereocenters. The first-order valence-electron chi connectivity index (χ1n) is 13.3. The summed E-state index contributed by atoms with van der Waals surface area (Å²) in [7, 11) is 2.63. The van der Waals surface area contributed by atoms with E-state index in [1.165, 1.54) is 14.2 Å². The van der Waals surface area contributed by atoms with Gasteiger partial charge in [-0.15, -0.1) is 0 Å². The quantitative estimate of drug-likeness (QED) is 0.121. The fraction of sp³-hybridized carbons (Fsp3) is 0.281. The highest BCUT2D eigenvalue weighted by Crippen LogP contribution is 2.27. The number of unbranched alkanes of at least 4 members (excludes halogenated alkanes) is 1. The third-order valence-corrected chi connectivity index (χ3v) is 6.52. The molecule has 1 aromatic heterocycles. The van der Waals surface area contributed by atoms with Gasteiger partial charge in [0, 0.05) is 35.5 Å². The second-order valence-corrected chi connectivity index (χ2v) is 9.48. The first-order chi connectivity index (χ1) is 19.9. The van der Waals surface area contributed by atoms with Crippen LogP contribution in [-0.2, 0) is 20.8 Å². The van der Waals surface area contributed by atoms with Crippen molar-refractivity contribution in [2.45, 2.75) is 38.3 Å². The normalized spacial score (nSPS) is 11.6. The number of ether oxygens (including phenoxy) is 4. The summed E-state index contributed by atoms with van der Waals surface area (Å²) in [4.78, 5) is 36.6. The summed E-state index contributed by atoms with van der Waals surface area (Å²) in [6.07, 6.45) is 2.33. The van der Waals surface area contributed by atoms with E-state index in [0.717, 1.165) is 5.75 Å². The number of aliphatic hydroxyl groups is 1. The maximum absolute atomic E-state index is 13.1. The molecule has 1 N–H and O–H groups in total. The molecule has 4 aromatic rings. The van der Waals surface area contributed by atoms with Crippen molar-refractivity contribution in [3.8, 4) is 17.2 Å². The van der Waals surface area contributed by atoms with E-state index in [2.05, 4.69) is 4.74 Å². The number of fused-ring (bicyclic) bond motifs is 1. The van der Waals surface area contributed by atoms with Crippen LogP contribution in [0.3, 0.4) is 0 Å². The van der Waals surface area contributed by atoms with Crippen molar-refractivity contribution in [3.05, 3.63) is 90.1 Å². The molecule has 1 atom stereocenters. The zero-order valence-electron chi connectivity index (χ0n) is 23.1. The number of benzene rings is 3. The average molecular weight is 560 g/mol. The Morgan fingerprint density at radius 3 is 2.22 bits per heavy atom. The maximum atomic E-state index is 13.1. The summed E-state index contributed by atoms with van der Waals surface area (Å²) in [6.45, 7) is 0.189. The number of para-hydroxylation sites is 1. The van der Waals surface area contributed by atoms with E-state index in [1.54, 1.807) is 53.2 Å². The number of esters is 2. The highest BCUT2D eigenvalue weighted by molar-refractivity contribution is 6.09. The zero-order chi connectivity index (χ0) is 29.2. The van der Waals surface area contributed by atoms with Gasteiger partial charge in [-0.05, 0) is 67.4 Å². The Hall–Kier alpha value is -4.63. The van der Waals surface area contributed by atoms with Crippen LogP contribution in [0.4, 0.5) is 0 Å². The van der Waals surface area contributed by atoms with Crippen LogP contribution in [0, 0.1) is 0 Å². The Labute approximate surface area is 238 Å². The molecule has 0 saturated heterocycles. The molecule has 0 aliphatic rings. The van der Waals surface area contributed by atoms with Gasteiger partial charge in [-0.1, -0.05) is 18.2 Å². The van der Waals surface area contributed by atoms with Crippen molar-refractivity contribution in [3.63, 3.8) is 0 Å². The number of aliphatic hydroxyl groups excluding tert-OH is 1. The van der Waals surface area contributed by atoms with Crippen LogP contribution in [0.25, 0.3) is 10.9 Å². The lowest BCUT2D eigenvalue weighted by Crippen LogP contribution is -2.23. The Kier molecular flexibility index (Phi) is 10.1. The highest BCUT2D eigenvalue weighted by Gasteiger charge is 2.19. The Morgan fingerprint density at radius 2 is 1.51 bits per heavy atom. The van der Waals surface area contributed by atoms with E-state index >= 15 is 0 Å². The van der Waals surface area contributed by atoms with Crippen molar-refractivity contribution in [1.29, 1.82) is 0 Å². The third kappa shape index (κ3) is 7.95. The van der Waals surface area contributed by atoms with Crippen LogP contribution in [0.15, 0.2) is 79.0 Å². The number of hydrogen-bond donors (Lipinski definition) is 1. The standard InChI is InChI=1S/C32H33NO8/c1-38-31(36)11-7-6-10-30(35)28-20-33(29-17-12-22(18-27(28)29)32(37)39-2)19-23(34)21-40-24-13-15-26(16-14-24)41-25-8-4-3-5-9-25/h3-5,8-9,12-18,20,23,34H,6-7,10-11,19,21H2,1-2H3. The van der Waals surface area contributed by atoms with Crippen molar-refractivity contribution in [2.24, 2.45) is 0 Å². The van der Waals surface area contributed by atoms with Crippen LogP contribution < -0.4 is 9.47 Å². The molecule has 0 fully saturated rings.